The number of likely N-dealkylation sites (tertiary alicyclic amines) is 1. The Balaban J connectivity index is 1.24. The van der Waals surface area contributed by atoms with Gasteiger partial charge in [-0.15, -0.1) is 10.2 Å². The van der Waals surface area contributed by atoms with Gasteiger partial charge >= 0.3 is 0 Å². The van der Waals surface area contributed by atoms with Gasteiger partial charge in [-0.3, -0.25) is 9.69 Å². The van der Waals surface area contributed by atoms with E-state index in [2.05, 4.69) is 20.4 Å². The highest BCUT2D eigenvalue weighted by Gasteiger charge is 2.26. The Morgan fingerprint density at radius 3 is 2.21 bits per heavy atom. The first-order chi connectivity index (χ1) is 16.2. The molecule has 1 unspecified atom stereocenters. The van der Waals surface area contributed by atoms with Crippen molar-refractivity contribution in [2.24, 2.45) is 0 Å². The van der Waals surface area contributed by atoms with Crippen LogP contribution in [0.25, 0.3) is 22.9 Å². The molecule has 33 heavy (non-hydrogen) atoms. The zero-order chi connectivity index (χ0) is 22.6. The molecule has 1 fully saturated rings. The molecule has 168 valence electrons. The van der Waals surface area contributed by atoms with Crippen LogP contribution in [0.1, 0.15) is 40.6 Å². The smallest absolute Gasteiger partial charge is 0.251 e. The highest BCUT2D eigenvalue weighted by molar-refractivity contribution is 5.94. The number of nitrogens with zero attached hydrogens (tertiary/aromatic N) is 3. The molecule has 1 atom stereocenters. The summed E-state index contributed by atoms with van der Waals surface area (Å²) in [5.74, 6) is 1.65. The van der Waals surface area contributed by atoms with E-state index in [-0.39, 0.29) is 11.9 Å². The van der Waals surface area contributed by atoms with Crippen LogP contribution < -0.4 is 5.32 Å². The number of carbonyl (C=O) groups is 1. The number of aromatic nitrogens is 2. The van der Waals surface area contributed by atoms with E-state index in [1.807, 2.05) is 55.5 Å². The van der Waals surface area contributed by atoms with Gasteiger partial charge in [-0.05, 0) is 81.4 Å². The topological polar surface area (TPSA) is 84.4 Å². The Morgan fingerprint density at radius 2 is 1.61 bits per heavy atom. The van der Waals surface area contributed by atoms with E-state index < -0.39 is 0 Å². The molecule has 1 amide bonds. The number of rotatable bonds is 7. The Labute approximate surface area is 192 Å². The van der Waals surface area contributed by atoms with Crippen molar-refractivity contribution in [1.29, 1.82) is 0 Å². The summed E-state index contributed by atoms with van der Waals surface area (Å²) in [6, 6.07) is 19.0. The summed E-state index contributed by atoms with van der Waals surface area (Å²) in [6.45, 7) is 4.57. The van der Waals surface area contributed by atoms with Gasteiger partial charge < -0.3 is 14.2 Å². The van der Waals surface area contributed by atoms with Crippen LogP contribution >= 0.6 is 0 Å². The molecular formula is C26H26N4O3. The fourth-order valence-electron chi connectivity index (χ4n) is 4.15. The molecule has 1 aliphatic rings. The second-order valence-electron chi connectivity index (χ2n) is 8.34. The molecule has 3 heterocycles. The van der Waals surface area contributed by atoms with Crippen molar-refractivity contribution in [1.82, 2.24) is 20.4 Å². The lowest BCUT2D eigenvalue weighted by molar-refractivity contribution is 0.0934. The number of furan rings is 1. The lowest BCUT2D eigenvalue weighted by Gasteiger charge is -2.26. The summed E-state index contributed by atoms with van der Waals surface area (Å²) in [4.78, 5) is 15.2. The molecule has 0 bridgehead atoms. The molecule has 0 saturated carbocycles. The van der Waals surface area contributed by atoms with Gasteiger partial charge in [0.15, 0.2) is 0 Å². The third-order valence-electron chi connectivity index (χ3n) is 6.03. The fourth-order valence-corrected chi connectivity index (χ4v) is 4.15. The Bertz CT molecular complexity index is 1190. The first-order valence-corrected chi connectivity index (χ1v) is 11.2. The van der Waals surface area contributed by atoms with Crippen LogP contribution in [0, 0.1) is 6.92 Å². The van der Waals surface area contributed by atoms with Crippen LogP contribution in [0.2, 0.25) is 0 Å². The van der Waals surface area contributed by atoms with E-state index in [9.17, 15) is 4.79 Å². The minimum atomic E-state index is -0.122. The Morgan fingerprint density at radius 1 is 0.970 bits per heavy atom. The predicted octanol–water partition coefficient (Wildman–Crippen LogP) is 4.87. The average molecular weight is 443 g/mol. The lowest BCUT2D eigenvalue weighted by Crippen LogP contribution is -2.36. The lowest BCUT2D eigenvalue weighted by atomic mass is 10.1. The van der Waals surface area contributed by atoms with E-state index in [0.717, 1.165) is 30.0 Å². The molecule has 0 spiro atoms. The summed E-state index contributed by atoms with van der Waals surface area (Å²) in [5, 5.41) is 11.4. The third-order valence-corrected chi connectivity index (χ3v) is 6.03. The van der Waals surface area contributed by atoms with E-state index in [4.69, 9.17) is 8.83 Å². The normalized spacial score (nSPS) is 14.9. The second-order valence-corrected chi connectivity index (χ2v) is 8.34. The van der Waals surface area contributed by atoms with Gasteiger partial charge in [0.25, 0.3) is 5.91 Å². The molecule has 0 aliphatic carbocycles. The molecule has 7 nitrogen and oxygen atoms in total. The maximum Gasteiger partial charge on any atom is 0.251 e. The van der Waals surface area contributed by atoms with E-state index >= 15 is 0 Å². The first-order valence-electron chi connectivity index (χ1n) is 11.2. The number of hydrogen-bond donors (Lipinski definition) is 1. The van der Waals surface area contributed by atoms with E-state index in [1.54, 1.807) is 18.4 Å². The van der Waals surface area contributed by atoms with Crippen molar-refractivity contribution in [3.8, 4) is 22.9 Å². The minimum absolute atomic E-state index is 0.0457. The largest absolute Gasteiger partial charge is 0.468 e. The van der Waals surface area contributed by atoms with Crippen molar-refractivity contribution in [2.45, 2.75) is 25.8 Å². The summed E-state index contributed by atoms with van der Waals surface area (Å²) in [5.41, 5.74) is 3.39. The molecule has 2 aromatic carbocycles. The number of nitrogens with one attached hydrogen (secondary N) is 1. The summed E-state index contributed by atoms with van der Waals surface area (Å²) >= 11 is 0. The van der Waals surface area contributed by atoms with Crippen LogP contribution in [-0.2, 0) is 0 Å². The third kappa shape index (κ3) is 4.73. The van der Waals surface area contributed by atoms with Gasteiger partial charge in [0.1, 0.15) is 5.76 Å². The van der Waals surface area contributed by atoms with Crippen LogP contribution in [0.3, 0.4) is 0 Å². The number of carbonyl (C=O) groups excluding carboxylic acids is 1. The van der Waals surface area contributed by atoms with Crippen LogP contribution in [-0.4, -0.2) is 40.6 Å². The van der Waals surface area contributed by atoms with Crippen molar-refractivity contribution in [3.63, 3.8) is 0 Å². The number of hydrogen-bond acceptors (Lipinski definition) is 6. The molecule has 1 aliphatic heterocycles. The molecule has 4 aromatic rings. The van der Waals surface area contributed by atoms with Gasteiger partial charge in [-0.1, -0.05) is 17.7 Å². The van der Waals surface area contributed by atoms with Gasteiger partial charge in [0, 0.05) is 23.2 Å². The second kappa shape index (κ2) is 9.42. The van der Waals surface area contributed by atoms with Gasteiger partial charge in [-0.2, -0.15) is 0 Å². The SMILES string of the molecule is Cc1ccc(-c2nnc(-c3ccc(C(=O)NCC(c4ccco4)N4CCCC4)cc3)o2)cc1. The van der Waals surface area contributed by atoms with Crippen LogP contribution in [0.15, 0.2) is 75.8 Å². The van der Waals surface area contributed by atoms with E-state index in [1.165, 1.54) is 18.4 Å². The molecular weight excluding hydrogens is 416 g/mol. The van der Waals surface area contributed by atoms with Crippen molar-refractivity contribution in [3.05, 3.63) is 83.8 Å². The Hall–Kier alpha value is -3.71. The molecule has 1 N–H and O–H groups in total. The first kappa shape index (κ1) is 21.2. The van der Waals surface area contributed by atoms with Gasteiger partial charge in [0.05, 0.1) is 12.3 Å². The fraction of sp³-hybridized carbons (Fsp3) is 0.269. The van der Waals surface area contributed by atoms with Crippen molar-refractivity contribution in [2.75, 3.05) is 19.6 Å². The minimum Gasteiger partial charge on any atom is -0.468 e. The van der Waals surface area contributed by atoms with Crippen molar-refractivity contribution < 1.29 is 13.6 Å². The molecule has 2 aromatic heterocycles. The molecule has 7 heteroatoms. The maximum absolute atomic E-state index is 12.8. The van der Waals surface area contributed by atoms with E-state index in [0.29, 0.717) is 23.9 Å². The van der Waals surface area contributed by atoms with Crippen LogP contribution in [0.5, 0.6) is 0 Å². The Kier molecular flexibility index (Phi) is 6.04. The summed E-state index contributed by atoms with van der Waals surface area (Å²) in [7, 11) is 0. The van der Waals surface area contributed by atoms with Gasteiger partial charge in [-0.25, -0.2) is 0 Å². The number of aryl methyl sites for hydroxylation is 1. The monoisotopic (exact) mass is 442 g/mol. The molecule has 5 rings (SSSR count). The highest BCUT2D eigenvalue weighted by atomic mass is 16.4. The number of benzene rings is 2. The van der Waals surface area contributed by atoms with Crippen LogP contribution in [0.4, 0.5) is 0 Å². The predicted molar refractivity (Wildman–Crippen MR) is 124 cm³/mol. The standard InChI is InChI=1S/C26H26N4O3/c1-18-6-8-20(9-7-18)25-28-29-26(33-25)21-12-10-19(11-13-21)24(31)27-17-22(23-5-4-16-32-23)30-14-2-3-15-30/h4-13,16,22H,2-3,14-15,17H2,1H3,(H,27,31). The number of amides is 1. The zero-order valence-electron chi connectivity index (χ0n) is 18.5. The molecule has 0 radical (unpaired) electrons. The maximum atomic E-state index is 12.8. The summed E-state index contributed by atoms with van der Waals surface area (Å²) < 4.78 is 11.5. The average Bonchev–Trinajstić information content (AvgIpc) is 3.63. The summed E-state index contributed by atoms with van der Waals surface area (Å²) in [6.07, 6.45) is 4.03. The quantitative estimate of drug-likeness (QED) is 0.439. The zero-order valence-corrected chi connectivity index (χ0v) is 18.5. The molecule has 1 saturated heterocycles. The highest BCUT2D eigenvalue weighted by Crippen LogP contribution is 2.26. The van der Waals surface area contributed by atoms with Crippen molar-refractivity contribution >= 4 is 5.91 Å². The van der Waals surface area contributed by atoms with Gasteiger partial charge in [0.2, 0.25) is 11.8 Å².